The van der Waals surface area contributed by atoms with Gasteiger partial charge in [0.15, 0.2) is 0 Å². The van der Waals surface area contributed by atoms with Crippen molar-refractivity contribution in [3.8, 4) is 11.5 Å². The predicted molar refractivity (Wildman–Crippen MR) is 124 cm³/mol. The van der Waals surface area contributed by atoms with Gasteiger partial charge in [0, 0.05) is 5.41 Å². The highest BCUT2D eigenvalue weighted by atomic mass is 31.2. The van der Waals surface area contributed by atoms with Crippen molar-refractivity contribution < 1.29 is 23.5 Å². The molecule has 0 radical (unpaired) electrons. The van der Waals surface area contributed by atoms with Gasteiger partial charge in [-0.25, -0.2) is 0 Å². The first-order valence-corrected chi connectivity index (χ1v) is 12.5. The molecule has 6 heteroatoms. The summed E-state index contributed by atoms with van der Waals surface area (Å²) in [4.78, 5) is 10.1. The van der Waals surface area contributed by atoms with Crippen LogP contribution in [-0.4, -0.2) is 28.9 Å². The first kappa shape index (κ1) is 23.8. The molecule has 3 rings (SSSR count). The zero-order chi connectivity index (χ0) is 23.1. The fourth-order valence-electron chi connectivity index (χ4n) is 3.88. The minimum absolute atomic E-state index is 0.0460. The van der Waals surface area contributed by atoms with Crippen molar-refractivity contribution in [3.63, 3.8) is 0 Å². The van der Waals surface area contributed by atoms with Crippen LogP contribution in [0, 0.1) is 0 Å². The average molecular weight is 447 g/mol. The molecule has 0 saturated carbocycles. The Morgan fingerprint density at radius 3 is 2.23 bits per heavy atom. The van der Waals surface area contributed by atoms with Gasteiger partial charge < -0.3 is 18.9 Å². The number of ether oxygens (including phenoxy) is 2. The molecule has 31 heavy (non-hydrogen) atoms. The van der Waals surface area contributed by atoms with Crippen LogP contribution in [0.3, 0.4) is 0 Å². The second-order valence-corrected chi connectivity index (χ2v) is 12.3. The Morgan fingerprint density at radius 1 is 1.00 bits per heavy atom. The third kappa shape index (κ3) is 6.12. The molecule has 5 nitrogen and oxygen atoms in total. The first-order valence-electron chi connectivity index (χ1n) is 10.8. The van der Waals surface area contributed by atoms with E-state index in [1.807, 2.05) is 52.8 Å². The number of rotatable bonds is 3. The molecule has 1 N–H and O–H groups in total. The molecule has 1 aliphatic rings. The minimum Gasteiger partial charge on any atom is -0.488 e. The van der Waals surface area contributed by atoms with E-state index in [2.05, 4.69) is 38.1 Å². The number of hydrogen-bond donors (Lipinski definition) is 1. The van der Waals surface area contributed by atoms with Crippen LogP contribution in [0.15, 0.2) is 42.5 Å². The molecule has 1 aliphatic heterocycles. The Morgan fingerprint density at radius 2 is 1.61 bits per heavy atom. The van der Waals surface area contributed by atoms with Crippen molar-refractivity contribution in [2.24, 2.45) is 0 Å². The Kier molecular flexibility index (Phi) is 6.36. The molecule has 0 saturated heterocycles. The fraction of sp³-hybridized carbons (Fsp3) is 0.520. The SMILES string of the molecule is CC(C)(C)Oc1ccc(C(C)(C)c2ccc3c(c2)CCOP(=O)(O)CC(C)(C)O3)cc1. The topological polar surface area (TPSA) is 65.0 Å². The molecule has 170 valence electrons. The van der Waals surface area contributed by atoms with Gasteiger partial charge in [0.25, 0.3) is 0 Å². The molecule has 0 spiro atoms. The molecular formula is C25H35O5P. The van der Waals surface area contributed by atoms with Gasteiger partial charge in [0.1, 0.15) is 22.7 Å². The zero-order valence-corrected chi connectivity index (χ0v) is 20.6. The Balaban J connectivity index is 1.91. The van der Waals surface area contributed by atoms with Crippen molar-refractivity contribution in [2.75, 3.05) is 12.8 Å². The smallest absolute Gasteiger partial charge is 0.332 e. The van der Waals surface area contributed by atoms with E-state index in [-0.39, 0.29) is 23.8 Å². The Hall–Kier alpha value is -1.81. The highest BCUT2D eigenvalue weighted by Gasteiger charge is 2.35. The van der Waals surface area contributed by atoms with Gasteiger partial charge >= 0.3 is 7.60 Å². The van der Waals surface area contributed by atoms with E-state index in [0.717, 1.165) is 22.6 Å². The molecular weight excluding hydrogens is 411 g/mol. The van der Waals surface area contributed by atoms with Crippen molar-refractivity contribution in [1.29, 1.82) is 0 Å². The van der Waals surface area contributed by atoms with Gasteiger partial charge in [-0.05, 0) is 75.9 Å². The third-order valence-electron chi connectivity index (χ3n) is 5.41. The molecule has 0 aliphatic carbocycles. The van der Waals surface area contributed by atoms with Gasteiger partial charge in [-0.3, -0.25) is 4.57 Å². The van der Waals surface area contributed by atoms with Crippen LogP contribution in [0.1, 0.15) is 65.2 Å². The quantitative estimate of drug-likeness (QED) is 0.577. The molecule has 0 fully saturated rings. The lowest BCUT2D eigenvalue weighted by atomic mass is 9.77. The van der Waals surface area contributed by atoms with E-state index in [0.29, 0.717) is 6.42 Å². The van der Waals surface area contributed by atoms with Crippen LogP contribution in [0.2, 0.25) is 0 Å². The summed E-state index contributed by atoms with van der Waals surface area (Å²) in [7, 11) is -3.68. The van der Waals surface area contributed by atoms with Crippen LogP contribution in [0.4, 0.5) is 0 Å². The van der Waals surface area contributed by atoms with Crippen LogP contribution < -0.4 is 9.47 Å². The van der Waals surface area contributed by atoms with Crippen LogP contribution >= 0.6 is 7.60 Å². The second-order valence-electron chi connectivity index (χ2n) is 10.4. The molecule has 1 unspecified atom stereocenters. The summed E-state index contributed by atoms with van der Waals surface area (Å²) in [6, 6.07) is 14.4. The van der Waals surface area contributed by atoms with Gasteiger partial charge in [0.05, 0.1) is 12.8 Å². The van der Waals surface area contributed by atoms with Crippen molar-refractivity contribution >= 4 is 7.60 Å². The Bertz CT molecular complexity index is 970. The summed E-state index contributed by atoms with van der Waals surface area (Å²) in [5, 5.41) is 0. The summed E-state index contributed by atoms with van der Waals surface area (Å²) < 4.78 is 29.7. The van der Waals surface area contributed by atoms with Gasteiger partial charge in [0.2, 0.25) is 0 Å². The lowest BCUT2D eigenvalue weighted by molar-refractivity contribution is 0.125. The predicted octanol–water partition coefficient (Wildman–Crippen LogP) is 6.11. The third-order valence-corrected chi connectivity index (χ3v) is 7.16. The average Bonchev–Trinajstić information content (AvgIpc) is 2.64. The van der Waals surface area contributed by atoms with Gasteiger partial charge in [-0.15, -0.1) is 0 Å². The molecule has 0 aromatic heterocycles. The van der Waals surface area contributed by atoms with Crippen molar-refractivity contribution in [1.82, 2.24) is 0 Å². The highest BCUT2D eigenvalue weighted by molar-refractivity contribution is 7.52. The minimum atomic E-state index is -3.68. The number of benzene rings is 2. The summed E-state index contributed by atoms with van der Waals surface area (Å²) in [5.41, 5.74) is 2.02. The van der Waals surface area contributed by atoms with E-state index in [9.17, 15) is 9.46 Å². The highest BCUT2D eigenvalue weighted by Crippen LogP contribution is 2.47. The number of fused-ring (bicyclic) bond motifs is 1. The van der Waals surface area contributed by atoms with Crippen molar-refractivity contribution in [2.45, 2.75) is 71.5 Å². The molecule has 0 amide bonds. The van der Waals surface area contributed by atoms with E-state index >= 15 is 0 Å². The first-order chi connectivity index (χ1) is 14.2. The molecule has 1 atom stereocenters. The van der Waals surface area contributed by atoms with Gasteiger partial charge in [-0.1, -0.05) is 38.1 Å². The monoisotopic (exact) mass is 446 g/mol. The van der Waals surface area contributed by atoms with E-state index in [1.165, 1.54) is 5.56 Å². The van der Waals surface area contributed by atoms with E-state index < -0.39 is 13.2 Å². The van der Waals surface area contributed by atoms with Crippen LogP contribution in [0.5, 0.6) is 11.5 Å². The summed E-state index contributed by atoms with van der Waals surface area (Å²) in [6.45, 7) is 14.3. The molecule has 2 aromatic carbocycles. The maximum atomic E-state index is 12.3. The van der Waals surface area contributed by atoms with Crippen molar-refractivity contribution in [3.05, 3.63) is 59.2 Å². The zero-order valence-electron chi connectivity index (χ0n) is 19.7. The summed E-state index contributed by atoms with van der Waals surface area (Å²) in [6.07, 6.45) is 0.466. The maximum Gasteiger partial charge on any atom is 0.332 e. The largest absolute Gasteiger partial charge is 0.488 e. The van der Waals surface area contributed by atoms with E-state index in [1.54, 1.807) is 0 Å². The summed E-state index contributed by atoms with van der Waals surface area (Å²) in [5.74, 6) is 1.59. The second kappa shape index (κ2) is 8.27. The number of hydrogen-bond acceptors (Lipinski definition) is 4. The standard InChI is InChI=1S/C25H35O5P/c1-23(2,3)29-21-11-8-19(9-12-21)25(6,7)20-10-13-22-18(16-20)14-15-28-31(26,27)17-24(4,5)30-22/h8-13,16H,14-15,17H2,1-7H3,(H,26,27). The Labute approximate surface area is 186 Å². The fourth-order valence-corrected chi connectivity index (χ4v) is 5.37. The van der Waals surface area contributed by atoms with E-state index in [4.69, 9.17) is 14.0 Å². The maximum absolute atomic E-state index is 12.3. The van der Waals surface area contributed by atoms with Gasteiger partial charge in [-0.2, -0.15) is 0 Å². The normalized spacial score (nSPS) is 21.8. The summed E-state index contributed by atoms with van der Waals surface area (Å²) >= 11 is 0. The lowest BCUT2D eigenvalue weighted by Gasteiger charge is -2.30. The van der Waals surface area contributed by atoms with Crippen LogP contribution in [-0.2, 0) is 20.9 Å². The molecule has 1 heterocycles. The lowest BCUT2D eigenvalue weighted by Crippen LogP contribution is -2.33. The van der Waals surface area contributed by atoms with Crippen LogP contribution in [0.25, 0.3) is 0 Å². The molecule has 2 aromatic rings. The molecule has 0 bridgehead atoms.